The average molecular weight is 279 g/mol. The van der Waals surface area contributed by atoms with Crippen molar-refractivity contribution in [1.29, 1.82) is 0 Å². The third-order valence-electron chi connectivity index (χ3n) is 4.43. The van der Waals surface area contributed by atoms with E-state index in [-0.39, 0.29) is 0 Å². The van der Waals surface area contributed by atoms with E-state index in [0.29, 0.717) is 12.0 Å². The molecule has 1 aliphatic heterocycles. The Balaban J connectivity index is 2.02. The van der Waals surface area contributed by atoms with Crippen LogP contribution in [0.25, 0.3) is 0 Å². The molecule has 1 fully saturated rings. The van der Waals surface area contributed by atoms with Gasteiger partial charge in [-0.05, 0) is 44.1 Å². The lowest BCUT2D eigenvalue weighted by molar-refractivity contribution is 0.132. The Morgan fingerprint density at radius 1 is 1.30 bits per heavy atom. The normalized spacial score (nSPS) is 25.1. The van der Waals surface area contributed by atoms with Crippen molar-refractivity contribution >= 4 is 0 Å². The molecule has 2 rings (SSSR count). The molecule has 4 nitrogen and oxygen atoms in total. The Morgan fingerprint density at radius 2 is 2.10 bits per heavy atom. The summed E-state index contributed by atoms with van der Waals surface area (Å²) in [4.78, 5) is 7.07. The maximum absolute atomic E-state index is 5.41. The molecule has 0 radical (unpaired) electrons. The van der Waals surface area contributed by atoms with Crippen molar-refractivity contribution in [2.45, 2.75) is 72.4 Å². The lowest BCUT2D eigenvalue weighted by Crippen LogP contribution is -2.38. The Morgan fingerprint density at radius 3 is 2.80 bits per heavy atom. The van der Waals surface area contributed by atoms with Crippen LogP contribution in [0.1, 0.15) is 65.1 Å². The highest BCUT2D eigenvalue weighted by atomic mass is 16.5. The maximum atomic E-state index is 5.41. The highest BCUT2D eigenvalue weighted by Gasteiger charge is 2.27. The van der Waals surface area contributed by atoms with Crippen molar-refractivity contribution in [3.8, 4) is 0 Å². The van der Waals surface area contributed by atoms with Gasteiger partial charge in [-0.1, -0.05) is 32.9 Å². The van der Waals surface area contributed by atoms with E-state index in [2.05, 4.69) is 42.7 Å². The Labute approximate surface area is 122 Å². The molecule has 1 aromatic heterocycles. The second-order valence-electron chi connectivity index (χ2n) is 6.61. The van der Waals surface area contributed by atoms with Gasteiger partial charge in [-0.25, -0.2) is 0 Å². The summed E-state index contributed by atoms with van der Waals surface area (Å²) in [7, 11) is 0. The molecule has 20 heavy (non-hydrogen) atoms. The summed E-state index contributed by atoms with van der Waals surface area (Å²) in [5.74, 6) is 3.15. The molecule has 0 bridgehead atoms. The molecular weight excluding hydrogens is 250 g/mol. The first-order valence-corrected chi connectivity index (χ1v) is 8.15. The minimum Gasteiger partial charge on any atom is -0.338 e. The lowest BCUT2D eigenvalue weighted by Gasteiger charge is -2.31. The van der Waals surface area contributed by atoms with Gasteiger partial charge in [0.05, 0.1) is 6.54 Å². The molecular formula is C16H29N3O. The van der Waals surface area contributed by atoms with Crippen LogP contribution in [-0.4, -0.2) is 27.6 Å². The third kappa shape index (κ3) is 4.05. The molecule has 1 aromatic rings. The van der Waals surface area contributed by atoms with E-state index in [1.165, 1.54) is 19.3 Å². The van der Waals surface area contributed by atoms with Crippen LogP contribution >= 0.6 is 0 Å². The zero-order valence-corrected chi connectivity index (χ0v) is 13.4. The zero-order chi connectivity index (χ0) is 14.5. The summed E-state index contributed by atoms with van der Waals surface area (Å²) in [6.45, 7) is 11.1. The molecule has 0 N–H and O–H groups in total. The van der Waals surface area contributed by atoms with Crippen LogP contribution in [0, 0.1) is 11.8 Å². The van der Waals surface area contributed by atoms with E-state index in [1.54, 1.807) is 0 Å². The second-order valence-corrected chi connectivity index (χ2v) is 6.61. The largest absolute Gasteiger partial charge is 0.338 e. The zero-order valence-electron chi connectivity index (χ0n) is 13.4. The highest BCUT2D eigenvalue weighted by molar-refractivity contribution is 4.89. The molecule has 4 heteroatoms. The van der Waals surface area contributed by atoms with Crippen LogP contribution in [0.2, 0.25) is 0 Å². The minimum absolute atomic E-state index is 0.640. The number of likely N-dealkylation sites (tertiary alicyclic amines) is 1. The van der Waals surface area contributed by atoms with E-state index >= 15 is 0 Å². The molecule has 0 amide bonds. The van der Waals surface area contributed by atoms with Crippen molar-refractivity contribution in [1.82, 2.24) is 15.0 Å². The van der Waals surface area contributed by atoms with Gasteiger partial charge in [0.25, 0.3) is 0 Å². The predicted molar refractivity (Wildman–Crippen MR) is 80.3 cm³/mol. The van der Waals surface area contributed by atoms with Crippen LogP contribution in [0.15, 0.2) is 4.52 Å². The van der Waals surface area contributed by atoms with Gasteiger partial charge in [0.15, 0.2) is 5.82 Å². The molecule has 0 spiro atoms. The summed E-state index contributed by atoms with van der Waals surface area (Å²) >= 11 is 0. The van der Waals surface area contributed by atoms with Gasteiger partial charge in [-0.2, -0.15) is 4.98 Å². The van der Waals surface area contributed by atoms with Crippen LogP contribution in [0.3, 0.4) is 0 Å². The molecule has 1 aliphatic rings. The summed E-state index contributed by atoms with van der Waals surface area (Å²) in [5.41, 5.74) is 0. The molecule has 0 aromatic carbocycles. The first-order chi connectivity index (χ1) is 9.60. The predicted octanol–water partition coefficient (Wildman–Crippen LogP) is 3.67. The van der Waals surface area contributed by atoms with Gasteiger partial charge in [0.1, 0.15) is 0 Å². The molecule has 0 saturated carbocycles. The number of rotatable bonds is 5. The monoisotopic (exact) mass is 279 g/mol. The Kier molecular flexibility index (Phi) is 5.58. The van der Waals surface area contributed by atoms with E-state index in [0.717, 1.165) is 43.6 Å². The van der Waals surface area contributed by atoms with E-state index < -0.39 is 0 Å². The highest BCUT2D eigenvalue weighted by Crippen LogP contribution is 2.27. The van der Waals surface area contributed by atoms with Gasteiger partial charge in [0.2, 0.25) is 5.89 Å². The van der Waals surface area contributed by atoms with Crippen LogP contribution < -0.4 is 0 Å². The van der Waals surface area contributed by atoms with Gasteiger partial charge in [-0.3, -0.25) is 4.90 Å². The van der Waals surface area contributed by atoms with E-state index in [1.807, 2.05) is 0 Å². The first kappa shape index (κ1) is 15.5. The van der Waals surface area contributed by atoms with Crippen molar-refractivity contribution in [2.75, 3.05) is 6.54 Å². The van der Waals surface area contributed by atoms with Crippen LogP contribution in [0.4, 0.5) is 0 Å². The third-order valence-corrected chi connectivity index (χ3v) is 4.43. The van der Waals surface area contributed by atoms with Gasteiger partial charge < -0.3 is 4.52 Å². The summed E-state index contributed by atoms with van der Waals surface area (Å²) in [6.07, 6.45) is 5.88. The van der Waals surface area contributed by atoms with E-state index in [4.69, 9.17) is 4.52 Å². The Hall–Kier alpha value is -0.900. The summed E-state index contributed by atoms with van der Waals surface area (Å²) < 4.78 is 5.41. The summed E-state index contributed by atoms with van der Waals surface area (Å²) in [6, 6.07) is 0.640. The van der Waals surface area contributed by atoms with Crippen molar-refractivity contribution in [2.24, 2.45) is 11.8 Å². The second kappa shape index (κ2) is 7.21. The first-order valence-electron chi connectivity index (χ1n) is 8.15. The lowest BCUT2D eigenvalue weighted by atomic mass is 9.95. The maximum Gasteiger partial charge on any atom is 0.240 e. The fourth-order valence-corrected chi connectivity index (χ4v) is 3.14. The van der Waals surface area contributed by atoms with Gasteiger partial charge in [0, 0.05) is 12.5 Å². The SMILES string of the molecule is CCCc1noc(CN2CCC(C)CCC2C(C)C)n1. The molecule has 2 atom stereocenters. The van der Waals surface area contributed by atoms with Crippen molar-refractivity contribution in [3.63, 3.8) is 0 Å². The van der Waals surface area contributed by atoms with Crippen molar-refractivity contribution < 1.29 is 4.52 Å². The minimum atomic E-state index is 0.640. The van der Waals surface area contributed by atoms with Crippen LogP contribution in [-0.2, 0) is 13.0 Å². The molecule has 114 valence electrons. The molecule has 2 unspecified atom stereocenters. The molecule has 1 saturated heterocycles. The summed E-state index contributed by atoms with van der Waals surface area (Å²) in [5, 5.41) is 4.07. The van der Waals surface area contributed by atoms with Gasteiger partial charge in [-0.15, -0.1) is 0 Å². The topological polar surface area (TPSA) is 42.2 Å². The average Bonchev–Trinajstić information content (AvgIpc) is 2.74. The van der Waals surface area contributed by atoms with Gasteiger partial charge >= 0.3 is 0 Å². The number of aryl methyl sites for hydroxylation is 1. The smallest absolute Gasteiger partial charge is 0.240 e. The van der Waals surface area contributed by atoms with Crippen LogP contribution in [0.5, 0.6) is 0 Å². The fraction of sp³-hybridized carbons (Fsp3) is 0.875. The quantitative estimate of drug-likeness (QED) is 0.824. The molecule has 0 aliphatic carbocycles. The number of hydrogen-bond acceptors (Lipinski definition) is 4. The fourth-order valence-electron chi connectivity index (χ4n) is 3.14. The number of hydrogen-bond donors (Lipinski definition) is 0. The standard InChI is InChI=1S/C16H29N3O/c1-5-6-15-17-16(20-18-15)11-19-10-9-13(4)7-8-14(19)12(2)3/h12-14H,5-11H2,1-4H3. The Bertz CT molecular complexity index is 402. The van der Waals surface area contributed by atoms with Crippen molar-refractivity contribution in [3.05, 3.63) is 11.7 Å². The molecule has 2 heterocycles. The number of nitrogens with zero attached hydrogens (tertiary/aromatic N) is 3. The van der Waals surface area contributed by atoms with E-state index in [9.17, 15) is 0 Å². The number of aromatic nitrogens is 2.